The van der Waals surface area contributed by atoms with E-state index >= 15 is 0 Å². The highest BCUT2D eigenvalue weighted by atomic mass is 15.1. The first-order valence-electron chi connectivity index (χ1n) is 6.03. The molecule has 3 nitrogen and oxygen atoms in total. The van der Waals surface area contributed by atoms with Crippen LogP contribution >= 0.6 is 0 Å². The van der Waals surface area contributed by atoms with Gasteiger partial charge in [-0.05, 0) is 45.3 Å². The van der Waals surface area contributed by atoms with E-state index in [1.807, 2.05) is 0 Å². The molecule has 0 amide bonds. The number of nitriles is 1. The van der Waals surface area contributed by atoms with Crippen LogP contribution < -0.4 is 5.32 Å². The fraction of sp³-hybridized carbons (Fsp3) is 0.917. The molecule has 1 N–H and O–H groups in total. The highest BCUT2D eigenvalue weighted by Crippen LogP contribution is 2.39. The zero-order chi connectivity index (χ0) is 11.3. The van der Waals surface area contributed by atoms with Crippen LogP contribution in [-0.2, 0) is 0 Å². The standard InChI is InChI=1S/C12H23N3/c1-4-8-14-12(9-13,11-6-7-11)10-15(3)5-2/h11,14H,4-8,10H2,1-3H3. The van der Waals surface area contributed by atoms with Crippen LogP contribution in [0.1, 0.15) is 33.1 Å². The first-order valence-corrected chi connectivity index (χ1v) is 6.03. The lowest BCUT2D eigenvalue weighted by Crippen LogP contribution is -2.53. The third-order valence-corrected chi connectivity index (χ3v) is 3.22. The number of hydrogen-bond donors (Lipinski definition) is 1. The van der Waals surface area contributed by atoms with Crippen LogP contribution in [0.15, 0.2) is 0 Å². The summed E-state index contributed by atoms with van der Waals surface area (Å²) in [5.74, 6) is 0.572. The van der Waals surface area contributed by atoms with Gasteiger partial charge in [0.05, 0.1) is 6.07 Å². The summed E-state index contributed by atoms with van der Waals surface area (Å²) in [6.45, 7) is 7.08. The van der Waals surface area contributed by atoms with Gasteiger partial charge in [-0.3, -0.25) is 5.32 Å². The smallest absolute Gasteiger partial charge is 0.122 e. The summed E-state index contributed by atoms with van der Waals surface area (Å²) in [6.07, 6.45) is 3.51. The summed E-state index contributed by atoms with van der Waals surface area (Å²) in [6, 6.07) is 2.52. The van der Waals surface area contributed by atoms with Crippen LogP contribution in [0.5, 0.6) is 0 Å². The Morgan fingerprint density at radius 1 is 1.47 bits per heavy atom. The van der Waals surface area contributed by atoms with Crippen molar-refractivity contribution in [2.24, 2.45) is 5.92 Å². The largest absolute Gasteiger partial charge is 0.304 e. The monoisotopic (exact) mass is 209 g/mol. The summed E-state index contributed by atoms with van der Waals surface area (Å²) >= 11 is 0. The van der Waals surface area contributed by atoms with Gasteiger partial charge < -0.3 is 4.90 Å². The maximum absolute atomic E-state index is 9.42. The second-order valence-electron chi connectivity index (χ2n) is 4.61. The molecular formula is C12H23N3. The van der Waals surface area contributed by atoms with E-state index in [1.54, 1.807) is 0 Å². The molecule has 1 rings (SSSR count). The van der Waals surface area contributed by atoms with E-state index in [-0.39, 0.29) is 5.54 Å². The highest BCUT2D eigenvalue weighted by molar-refractivity contribution is 5.16. The third-order valence-electron chi connectivity index (χ3n) is 3.22. The van der Waals surface area contributed by atoms with Crippen molar-refractivity contribution in [3.63, 3.8) is 0 Å². The molecule has 1 fully saturated rings. The second-order valence-corrected chi connectivity index (χ2v) is 4.61. The minimum Gasteiger partial charge on any atom is -0.304 e. The maximum atomic E-state index is 9.42. The SMILES string of the molecule is CCCNC(C#N)(CN(C)CC)C1CC1. The predicted octanol–water partition coefficient (Wildman–Crippen LogP) is 1.61. The van der Waals surface area contributed by atoms with Gasteiger partial charge in [0.15, 0.2) is 0 Å². The lowest BCUT2D eigenvalue weighted by molar-refractivity contribution is 0.236. The zero-order valence-electron chi connectivity index (χ0n) is 10.2. The molecule has 0 heterocycles. The van der Waals surface area contributed by atoms with Crippen molar-refractivity contribution in [2.75, 3.05) is 26.7 Å². The van der Waals surface area contributed by atoms with Crippen molar-refractivity contribution in [2.45, 2.75) is 38.6 Å². The normalized spacial score (nSPS) is 19.9. The van der Waals surface area contributed by atoms with Gasteiger partial charge in [0.25, 0.3) is 0 Å². The molecule has 15 heavy (non-hydrogen) atoms. The fourth-order valence-corrected chi connectivity index (χ4v) is 1.96. The Bertz CT molecular complexity index is 230. The van der Waals surface area contributed by atoms with Crippen LogP contribution in [0.3, 0.4) is 0 Å². The Balaban J connectivity index is 2.61. The fourth-order valence-electron chi connectivity index (χ4n) is 1.96. The number of hydrogen-bond acceptors (Lipinski definition) is 3. The first kappa shape index (κ1) is 12.5. The van der Waals surface area contributed by atoms with Crippen LogP contribution in [-0.4, -0.2) is 37.1 Å². The number of rotatable bonds is 7. The van der Waals surface area contributed by atoms with E-state index in [0.717, 1.165) is 26.1 Å². The molecule has 1 atom stereocenters. The molecule has 86 valence electrons. The molecule has 0 saturated heterocycles. The molecule has 1 unspecified atom stereocenters. The van der Waals surface area contributed by atoms with Gasteiger partial charge in [0, 0.05) is 6.54 Å². The number of nitrogens with one attached hydrogen (secondary N) is 1. The van der Waals surface area contributed by atoms with Gasteiger partial charge in [-0.25, -0.2) is 0 Å². The highest BCUT2D eigenvalue weighted by Gasteiger charge is 2.45. The van der Waals surface area contributed by atoms with Crippen molar-refractivity contribution in [3.8, 4) is 6.07 Å². The van der Waals surface area contributed by atoms with Crippen LogP contribution in [0, 0.1) is 17.2 Å². The molecule has 1 aliphatic rings. The Hall–Kier alpha value is -0.590. The van der Waals surface area contributed by atoms with Gasteiger partial charge >= 0.3 is 0 Å². The summed E-state index contributed by atoms with van der Waals surface area (Å²) in [7, 11) is 2.09. The summed E-state index contributed by atoms with van der Waals surface area (Å²) < 4.78 is 0. The van der Waals surface area contributed by atoms with Crippen molar-refractivity contribution < 1.29 is 0 Å². The van der Waals surface area contributed by atoms with E-state index in [9.17, 15) is 5.26 Å². The summed E-state index contributed by atoms with van der Waals surface area (Å²) in [4.78, 5) is 2.23. The predicted molar refractivity (Wildman–Crippen MR) is 62.5 cm³/mol. The van der Waals surface area contributed by atoms with Crippen LogP contribution in [0.25, 0.3) is 0 Å². The number of nitrogens with zero attached hydrogens (tertiary/aromatic N) is 2. The molecule has 0 radical (unpaired) electrons. The lowest BCUT2D eigenvalue weighted by Gasteiger charge is -2.32. The molecule has 1 saturated carbocycles. The molecule has 0 aromatic carbocycles. The van der Waals surface area contributed by atoms with E-state index in [1.165, 1.54) is 12.8 Å². The second kappa shape index (κ2) is 5.48. The molecule has 3 heteroatoms. The molecule has 0 aromatic heterocycles. The molecule has 0 bridgehead atoms. The van der Waals surface area contributed by atoms with Crippen molar-refractivity contribution >= 4 is 0 Å². The van der Waals surface area contributed by atoms with Gasteiger partial charge in [-0.15, -0.1) is 0 Å². The van der Waals surface area contributed by atoms with E-state index < -0.39 is 0 Å². The molecule has 1 aliphatic carbocycles. The van der Waals surface area contributed by atoms with Crippen molar-refractivity contribution in [1.82, 2.24) is 10.2 Å². The molecule has 0 aliphatic heterocycles. The molecular weight excluding hydrogens is 186 g/mol. The topological polar surface area (TPSA) is 39.1 Å². The average molecular weight is 209 g/mol. The molecule has 0 spiro atoms. The number of likely N-dealkylation sites (N-methyl/N-ethyl adjacent to an activating group) is 1. The zero-order valence-corrected chi connectivity index (χ0v) is 10.2. The Labute approximate surface area is 93.5 Å². The maximum Gasteiger partial charge on any atom is 0.122 e. The molecule has 0 aromatic rings. The minimum atomic E-state index is -0.291. The third kappa shape index (κ3) is 3.19. The van der Waals surface area contributed by atoms with Gasteiger partial charge in [-0.1, -0.05) is 13.8 Å². The average Bonchev–Trinajstić information content (AvgIpc) is 3.08. The first-order chi connectivity index (χ1) is 7.18. The minimum absolute atomic E-state index is 0.291. The summed E-state index contributed by atoms with van der Waals surface area (Å²) in [5, 5.41) is 12.9. The van der Waals surface area contributed by atoms with E-state index in [4.69, 9.17) is 0 Å². The Morgan fingerprint density at radius 2 is 2.13 bits per heavy atom. The van der Waals surface area contributed by atoms with Crippen molar-refractivity contribution in [3.05, 3.63) is 0 Å². The van der Waals surface area contributed by atoms with Gasteiger partial charge in [0.1, 0.15) is 5.54 Å². The van der Waals surface area contributed by atoms with Crippen LogP contribution in [0.4, 0.5) is 0 Å². The van der Waals surface area contributed by atoms with E-state index in [0.29, 0.717) is 5.92 Å². The van der Waals surface area contributed by atoms with E-state index in [2.05, 4.69) is 37.2 Å². The quantitative estimate of drug-likeness (QED) is 0.692. The lowest BCUT2D eigenvalue weighted by atomic mass is 9.94. The summed E-state index contributed by atoms with van der Waals surface area (Å²) in [5.41, 5.74) is -0.291. The van der Waals surface area contributed by atoms with Gasteiger partial charge in [-0.2, -0.15) is 5.26 Å². The van der Waals surface area contributed by atoms with Crippen LogP contribution in [0.2, 0.25) is 0 Å². The van der Waals surface area contributed by atoms with Gasteiger partial charge in [0.2, 0.25) is 0 Å². The van der Waals surface area contributed by atoms with Crippen molar-refractivity contribution in [1.29, 1.82) is 5.26 Å². The Morgan fingerprint density at radius 3 is 2.53 bits per heavy atom. The Kier molecular flexibility index (Phi) is 4.56.